The first-order chi connectivity index (χ1) is 9.58. The molecule has 0 N–H and O–H groups in total. The third-order valence-electron chi connectivity index (χ3n) is 2.73. The van der Waals surface area contributed by atoms with E-state index in [1.54, 1.807) is 0 Å². The fraction of sp³-hybridized carbons (Fsp3) is 0.667. The third-order valence-corrected chi connectivity index (χ3v) is 4.67. The molecular formula is C15H27N3S2. The summed E-state index contributed by atoms with van der Waals surface area (Å²) in [5.41, 5.74) is 2.42. The van der Waals surface area contributed by atoms with Crippen molar-refractivity contribution in [3.63, 3.8) is 0 Å². The lowest BCUT2D eigenvalue weighted by molar-refractivity contribution is 0.437. The highest BCUT2D eigenvalue weighted by molar-refractivity contribution is 7.98. The summed E-state index contributed by atoms with van der Waals surface area (Å²) in [5.74, 6) is 4.36. The van der Waals surface area contributed by atoms with Crippen LogP contribution in [0.25, 0.3) is 0 Å². The molecule has 0 saturated carbocycles. The van der Waals surface area contributed by atoms with Gasteiger partial charge < -0.3 is 9.80 Å². The van der Waals surface area contributed by atoms with E-state index in [1.807, 2.05) is 23.5 Å². The van der Waals surface area contributed by atoms with E-state index in [4.69, 9.17) is 4.98 Å². The number of hydrogen-bond donors (Lipinski definition) is 0. The Morgan fingerprint density at radius 1 is 0.850 bits per heavy atom. The molecule has 1 rings (SSSR count). The van der Waals surface area contributed by atoms with Crippen molar-refractivity contribution in [2.24, 2.45) is 0 Å². The lowest BCUT2D eigenvalue weighted by Crippen LogP contribution is -2.15. The molecule has 0 aromatic carbocycles. The van der Waals surface area contributed by atoms with Crippen LogP contribution in [0.3, 0.4) is 0 Å². The fourth-order valence-electron chi connectivity index (χ4n) is 1.54. The molecule has 3 nitrogen and oxygen atoms in total. The van der Waals surface area contributed by atoms with Gasteiger partial charge in [0, 0.05) is 36.1 Å². The topological polar surface area (TPSA) is 19.4 Å². The van der Waals surface area contributed by atoms with Gasteiger partial charge in [-0.25, -0.2) is 0 Å². The van der Waals surface area contributed by atoms with E-state index in [-0.39, 0.29) is 0 Å². The maximum Gasteiger partial charge on any atom is 0.0506 e. The first-order valence-electron chi connectivity index (χ1n) is 6.97. The molecule has 0 unspecified atom stereocenters. The fourth-order valence-corrected chi connectivity index (χ4v) is 3.55. The van der Waals surface area contributed by atoms with Crippen LogP contribution in [0.2, 0.25) is 0 Å². The molecule has 0 radical (unpaired) electrons. The minimum Gasteiger partial charge on any atom is -0.309 e. The Morgan fingerprint density at radius 2 is 1.30 bits per heavy atom. The zero-order valence-electron chi connectivity index (χ0n) is 13.1. The molecule has 0 aliphatic heterocycles. The first kappa shape index (κ1) is 17.8. The van der Waals surface area contributed by atoms with Crippen LogP contribution in [0.4, 0.5) is 0 Å². The van der Waals surface area contributed by atoms with Crippen molar-refractivity contribution in [2.75, 3.05) is 52.8 Å². The largest absolute Gasteiger partial charge is 0.309 e. The molecule has 0 saturated heterocycles. The van der Waals surface area contributed by atoms with Crippen LogP contribution < -0.4 is 0 Å². The molecular weight excluding hydrogens is 286 g/mol. The molecule has 0 spiro atoms. The maximum absolute atomic E-state index is 4.74. The number of thioether (sulfide) groups is 2. The van der Waals surface area contributed by atoms with Crippen LogP contribution in [0, 0.1) is 0 Å². The molecule has 20 heavy (non-hydrogen) atoms. The molecule has 1 aromatic rings. The van der Waals surface area contributed by atoms with Crippen LogP contribution in [0.5, 0.6) is 0 Å². The van der Waals surface area contributed by atoms with E-state index in [0.717, 1.165) is 36.1 Å². The zero-order chi connectivity index (χ0) is 14.8. The number of nitrogens with zero attached hydrogens (tertiary/aromatic N) is 3. The summed E-state index contributed by atoms with van der Waals surface area (Å²) in [5, 5.41) is 0. The SMILES string of the molecule is CN(C)CCSCc1cccc(CSCCN(C)C)n1. The van der Waals surface area contributed by atoms with E-state index >= 15 is 0 Å². The average Bonchev–Trinajstić information content (AvgIpc) is 2.40. The Kier molecular flexibility index (Phi) is 9.35. The summed E-state index contributed by atoms with van der Waals surface area (Å²) >= 11 is 3.92. The van der Waals surface area contributed by atoms with E-state index in [1.165, 1.54) is 11.4 Å². The van der Waals surface area contributed by atoms with E-state index in [2.05, 4.69) is 56.2 Å². The van der Waals surface area contributed by atoms with Crippen molar-refractivity contribution < 1.29 is 0 Å². The quantitative estimate of drug-likeness (QED) is 0.617. The van der Waals surface area contributed by atoms with Gasteiger partial charge in [-0.1, -0.05) is 6.07 Å². The molecule has 0 fully saturated rings. The summed E-state index contributed by atoms with van der Waals surface area (Å²) in [6.45, 7) is 2.26. The number of pyridine rings is 1. The van der Waals surface area contributed by atoms with E-state index in [9.17, 15) is 0 Å². The van der Waals surface area contributed by atoms with Gasteiger partial charge in [0.15, 0.2) is 0 Å². The Morgan fingerprint density at radius 3 is 1.70 bits per heavy atom. The lowest BCUT2D eigenvalue weighted by Gasteiger charge is -2.10. The molecule has 0 amide bonds. The van der Waals surface area contributed by atoms with Crippen LogP contribution in [0.1, 0.15) is 11.4 Å². The van der Waals surface area contributed by atoms with Crippen molar-refractivity contribution in [3.8, 4) is 0 Å². The molecule has 1 aromatic heterocycles. The molecule has 0 aliphatic carbocycles. The van der Waals surface area contributed by atoms with Crippen LogP contribution in [-0.4, -0.2) is 67.6 Å². The van der Waals surface area contributed by atoms with Gasteiger partial charge in [0.1, 0.15) is 0 Å². The average molecular weight is 314 g/mol. The van der Waals surface area contributed by atoms with Crippen LogP contribution in [-0.2, 0) is 11.5 Å². The van der Waals surface area contributed by atoms with Crippen molar-refractivity contribution >= 4 is 23.5 Å². The second kappa shape index (κ2) is 10.5. The molecule has 0 bridgehead atoms. The zero-order valence-corrected chi connectivity index (χ0v) is 14.8. The summed E-state index contributed by atoms with van der Waals surface area (Å²) < 4.78 is 0. The van der Waals surface area contributed by atoms with Crippen LogP contribution >= 0.6 is 23.5 Å². The monoisotopic (exact) mass is 313 g/mol. The highest BCUT2D eigenvalue weighted by Crippen LogP contribution is 2.14. The predicted molar refractivity (Wildman–Crippen MR) is 93.7 cm³/mol. The van der Waals surface area contributed by atoms with Gasteiger partial charge in [-0.2, -0.15) is 23.5 Å². The van der Waals surface area contributed by atoms with Crippen molar-refractivity contribution in [1.29, 1.82) is 0 Å². The van der Waals surface area contributed by atoms with Gasteiger partial charge in [-0.15, -0.1) is 0 Å². The Balaban J connectivity index is 2.26. The van der Waals surface area contributed by atoms with Crippen LogP contribution in [0.15, 0.2) is 18.2 Å². The van der Waals surface area contributed by atoms with Crippen molar-refractivity contribution in [3.05, 3.63) is 29.6 Å². The number of rotatable bonds is 10. The maximum atomic E-state index is 4.74. The summed E-state index contributed by atoms with van der Waals surface area (Å²) in [4.78, 5) is 9.18. The predicted octanol–water partition coefficient (Wildman–Crippen LogP) is 2.67. The molecule has 5 heteroatoms. The first-order valence-corrected chi connectivity index (χ1v) is 9.28. The molecule has 0 aliphatic rings. The van der Waals surface area contributed by atoms with Gasteiger partial charge in [0.2, 0.25) is 0 Å². The standard InChI is InChI=1S/C15H27N3S2/c1-17(2)8-10-19-12-14-6-5-7-15(16-14)13-20-11-9-18(3)4/h5-7H,8-13H2,1-4H3. The van der Waals surface area contributed by atoms with Gasteiger partial charge in [0.25, 0.3) is 0 Å². The minimum atomic E-state index is 1.02. The van der Waals surface area contributed by atoms with E-state index in [0.29, 0.717) is 0 Å². The van der Waals surface area contributed by atoms with Gasteiger partial charge >= 0.3 is 0 Å². The highest BCUT2D eigenvalue weighted by Gasteiger charge is 2.00. The van der Waals surface area contributed by atoms with Gasteiger partial charge in [-0.3, -0.25) is 4.98 Å². The minimum absolute atomic E-state index is 1.02. The second-order valence-electron chi connectivity index (χ2n) is 5.33. The summed E-state index contributed by atoms with van der Waals surface area (Å²) in [6, 6.07) is 6.41. The Hall–Kier alpha value is -0.230. The molecule has 114 valence electrons. The van der Waals surface area contributed by atoms with Crippen molar-refractivity contribution in [1.82, 2.24) is 14.8 Å². The molecule has 0 atom stereocenters. The Bertz CT molecular complexity index is 339. The van der Waals surface area contributed by atoms with Gasteiger partial charge in [-0.05, 0) is 40.3 Å². The normalized spacial score (nSPS) is 11.5. The number of aromatic nitrogens is 1. The van der Waals surface area contributed by atoms with Gasteiger partial charge in [0.05, 0.1) is 11.4 Å². The smallest absolute Gasteiger partial charge is 0.0506 e. The lowest BCUT2D eigenvalue weighted by atomic mass is 10.3. The summed E-state index contributed by atoms with van der Waals surface area (Å²) in [6.07, 6.45) is 0. The van der Waals surface area contributed by atoms with E-state index < -0.39 is 0 Å². The third kappa shape index (κ3) is 8.84. The number of hydrogen-bond acceptors (Lipinski definition) is 5. The Labute approximate surface area is 132 Å². The highest BCUT2D eigenvalue weighted by atomic mass is 32.2. The second-order valence-corrected chi connectivity index (χ2v) is 7.54. The molecule has 1 heterocycles. The van der Waals surface area contributed by atoms with Crippen molar-refractivity contribution in [2.45, 2.75) is 11.5 Å². The summed E-state index contributed by atoms with van der Waals surface area (Å²) in [7, 11) is 8.46.